The van der Waals surface area contributed by atoms with Crippen LogP contribution in [0.1, 0.15) is 20.3 Å². The first-order valence-corrected chi connectivity index (χ1v) is 4.61. The molecule has 0 radical (unpaired) electrons. The van der Waals surface area contributed by atoms with Crippen LogP contribution in [0.3, 0.4) is 0 Å². The Bertz CT molecular complexity index is 346. The highest BCUT2D eigenvalue weighted by molar-refractivity contribution is 6.09. The van der Waals surface area contributed by atoms with Crippen LogP contribution in [0, 0.1) is 0 Å². The lowest BCUT2D eigenvalue weighted by molar-refractivity contribution is -0.126. The van der Waals surface area contributed by atoms with Crippen molar-refractivity contribution in [1.82, 2.24) is 10.3 Å². The van der Waals surface area contributed by atoms with Crippen LogP contribution in [0.15, 0.2) is 16.2 Å². The van der Waals surface area contributed by atoms with E-state index in [0.717, 1.165) is 6.54 Å². The Labute approximate surface area is 82.1 Å². The summed E-state index contributed by atoms with van der Waals surface area (Å²) in [6, 6.07) is 0. The van der Waals surface area contributed by atoms with Crippen molar-refractivity contribution in [2.45, 2.75) is 26.5 Å². The molecule has 0 aromatic carbocycles. The highest BCUT2D eigenvalue weighted by atomic mass is 16.3. The van der Waals surface area contributed by atoms with E-state index in [1.54, 1.807) is 13.8 Å². The number of rotatable bonds is 0. The van der Waals surface area contributed by atoms with Crippen LogP contribution in [-0.2, 0) is 4.79 Å². The molecule has 0 saturated carbocycles. The molecule has 0 aromatic rings. The Morgan fingerprint density at radius 2 is 2.29 bits per heavy atom. The molecule has 14 heavy (non-hydrogen) atoms. The summed E-state index contributed by atoms with van der Waals surface area (Å²) >= 11 is 0. The second-order valence-electron chi connectivity index (χ2n) is 3.54. The Morgan fingerprint density at radius 3 is 2.71 bits per heavy atom. The zero-order chi connectivity index (χ0) is 10.3. The van der Waals surface area contributed by atoms with Crippen molar-refractivity contribution >= 4 is 11.7 Å². The van der Waals surface area contributed by atoms with Crippen LogP contribution in [0.2, 0.25) is 0 Å². The maximum atomic E-state index is 11.7. The van der Waals surface area contributed by atoms with E-state index in [9.17, 15) is 9.90 Å². The number of hydrazone groups is 1. The second kappa shape index (κ2) is 3.09. The van der Waals surface area contributed by atoms with Gasteiger partial charge in [-0.3, -0.25) is 9.69 Å². The quantitative estimate of drug-likeness (QED) is 0.562. The monoisotopic (exact) mass is 195 g/mol. The molecule has 5 nitrogen and oxygen atoms in total. The Balaban J connectivity index is 2.28. The lowest BCUT2D eigenvalue weighted by atomic mass is 10.2. The zero-order valence-electron chi connectivity index (χ0n) is 8.24. The lowest BCUT2D eigenvalue weighted by Gasteiger charge is -2.20. The summed E-state index contributed by atoms with van der Waals surface area (Å²) in [5.74, 6) is 0.483. The smallest absolute Gasteiger partial charge is 0.257 e. The summed E-state index contributed by atoms with van der Waals surface area (Å²) in [5.41, 5.74) is 4.11. The normalized spacial score (nSPS) is 27.1. The summed E-state index contributed by atoms with van der Waals surface area (Å²) in [6.07, 6.45) is -0.148. The zero-order valence-corrected chi connectivity index (χ0v) is 8.24. The van der Waals surface area contributed by atoms with Gasteiger partial charge in [0, 0.05) is 18.5 Å². The van der Waals surface area contributed by atoms with Gasteiger partial charge in [-0.15, -0.1) is 0 Å². The van der Waals surface area contributed by atoms with E-state index in [1.807, 2.05) is 0 Å². The first kappa shape index (κ1) is 9.21. The van der Waals surface area contributed by atoms with Crippen molar-refractivity contribution < 1.29 is 9.90 Å². The molecule has 0 fully saturated rings. The van der Waals surface area contributed by atoms with Crippen LogP contribution in [0.5, 0.6) is 0 Å². The Kier molecular flexibility index (Phi) is 2.03. The van der Waals surface area contributed by atoms with Crippen LogP contribution in [-0.4, -0.2) is 34.5 Å². The SMILES string of the molecule is CC1=C(C)C(O)N(C2=NNCC2)C1=O. The van der Waals surface area contributed by atoms with Gasteiger partial charge in [-0.1, -0.05) is 0 Å². The van der Waals surface area contributed by atoms with Crippen molar-refractivity contribution in [1.29, 1.82) is 0 Å². The Morgan fingerprint density at radius 1 is 1.57 bits per heavy atom. The van der Waals surface area contributed by atoms with E-state index >= 15 is 0 Å². The van der Waals surface area contributed by atoms with Crippen LogP contribution in [0.4, 0.5) is 0 Å². The first-order chi connectivity index (χ1) is 6.63. The van der Waals surface area contributed by atoms with E-state index in [0.29, 0.717) is 23.4 Å². The molecule has 0 aromatic heterocycles. The number of hydrogen-bond donors (Lipinski definition) is 2. The molecule has 2 rings (SSSR count). The average Bonchev–Trinajstić information content (AvgIpc) is 2.73. The van der Waals surface area contributed by atoms with Crippen molar-refractivity contribution in [3.05, 3.63) is 11.1 Å². The topological polar surface area (TPSA) is 64.9 Å². The van der Waals surface area contributed by atoms with Gasteiger partial charge in [-0.25, -0.2) is 0 Å². The van der Waals surface area contributed by atoms with Gasteiger partial charge in [-0.2, -0.15) is 5.10 Å². The number of aliphatic hydroxyl groups is 1. The van der Waals surface area contributed by atoms with E-state index in [1.165, 1.54) is 4.90 Å². The number of amidine groups is 1. The van der Waals surface area contributed by atoms with E-state index in [2.05, 4.69) is 10.5 Å². The van der Waals surface area contributed by atoms with Crippen LogP contribution >= 0.6 is 0 Å². The van der Waals surface area contributed by atoms with Crippen LogP contribution in [0.25, 0.3) is 0 Å². The van der Waals surface area contributed by atoms with Gasteiger partial charge in [0.15, 0.2) is 6.23 Å². The number of hydrogen-bond acceptors (Lipinski definition) is 4. The summed E-state index contributed by atoms with van der Waals surface area (Å²) in [4.78, 5) is 13.1. The van der Waals surface area contributed by atoms with Crippen molar-refractivity contribution in [3.8, 4) is 0 Å². The summed E-state index contributed by atoms with van der Waals surface area (Å²) < 4.78 is 0. The third-order valence-corrected chi connectivity index (χ3v) is 2.71. The van der Waals surface area contributed by atoms with Crippen molar-refractivity contribution in [3.63, 3.8) is 0 Å². The maximum Gasteiger partial charge on any atom is 0.257 e. The molecular formula is C9H13N3O2. The molecule has 0 spiro atoms. The number of aliphatic hydroxyl groups excluding tert-OH is 1. The van der Waals surface area contributed by atoms with Gasteiger partial charge < -0.3 is 10.5 Å². The minimum atomic E-state index is -0.832. The molecule has 76 valence electrons. The van der Waals surface area contributed by atoms with Crippen molar-refractivity contribution in [2.24, 2.45) is 5.10 Å². The molecule has 2 aliphatic rings. The van der Waals surface area contributed by atoms with Crippen LogP contribution < -0.4 is 5.43 Å². The third-order valence-electron chi connectivity index (χ3n) is 2.71. The molecular weight excluding hydrogens is 182 g/mol. The fraction of sp³-hybridized carbons (Fsp3) is 0.556. The lowest BCUT2D eigenvalue weighted by Crippen LogP contribution is -2.39. The molecule has 1 atom stereocenters. The average molecular weight is 195 g/mol. The molecule has 0 saturated heterocycles. The number of nitrogens with zero attached hydrogens (tertiary/aromatic N) is 2. The van der Waals surface area contributed by atoms with Gasteiger partial charge in [0.25, 0.3) is 5.91 Å². The first-order valence-electron chi connectivity index (χ1n) is 4.61. The minimum Gasteiger partial charge on any atom is -0.369 e. The Hall–Kier alpha value is -1.36. The van der Waals surface area contributed by atoms with Gasteiger partial charge in [0.2, 0.25) is 0 Å². The van der Waals surface area contributed by atoms with Gasteiger partial charge >= 0.3 is 0 Å². The minimum absolute atomic E-state index is 0.141. The summed E-state index contributed by atoms with van der Waals surface area (Å²) in [6.45, 7) is 4.22. The molecule has 0 aliphatic carbocycles. The number of carbonyl (C=O) groups is 1. The summed E-state index contributed by atoms with van der Waals surface area (Å²) in [7, 11) is 0. The molecule has 5 heteroatoms. The predicted molar refractivity (Wildman–Crippen MR) is 51.3 cm³/mol. The van der Waals surface area contributed by atoms with E-state index < -0.39 is 6.23 Å². The van der Waals surface area contributed by atoms with Crippen molar-refractivity contribution in [2.75, 3.05) is 6.54 Å². The molecule has 2 heterocycles. The molecule has 1 unspecified atom stereocenters. The molecule has 0 bridgehead atoms. The molecule has 2 aliphatic heterocycles. The maximum absolute atomic E-state index is 11.7. The highest BCUT2D eigenvalue weighted by Crippen LogP contribution is 2.25. The number of amides is 1. The largest absolute Gasteiger partial charge is 0.369 e. The summed E-state index contributed by atoms with van der Waals surface area (Å²) in [5, 5.41) is 13.8. The van der Waals surface area contributed by atoms with E-state index in [4.69, 9.17) is 0 Å². The molecule has 1 amide bonds. The predicted octanol–water partition coefficient (Wildman–Crippen LogP) is -0.210. The third kappa shape index (κ3) is 1.13. The van der Waals surface area contributed by atoms with Gasteiger partial charge in [-0.05, 0) is 19.4 Å². The standard InChI is InChI=1S/C9H13N3O2/c1-5-6(2)9(14)12(8(5)13)7-3-4-10-11-7/h8,10,13H,3-4H2,1-2H3. The van der Waals surface area contributed by atoms with Gasteiger partial charge in [0.05, 0.1) is 0 Å². The number of carbonyl (C=O) groups excluding carboxylic acids is 1. The number of nitrogens with one attached hydrogen (secondary N) is 1. The van der Waals surface area contributed by atoms with Gasteiger partial charge in [0.1, 0.15) is 5.84 Å². The fourth-order valence-corrected chi connectivity index (χ4v) is 1.65. The van der Waals surface area contributed by atoms with E-state index in [-0.39, 0.29) is 5.91 Å². The fourth-order valence-electron chi connectivity index (χ4n) is 1.65. The second-order valence-corrected chi connectivity index (χ2v) is 3.54. The highest BCUT2D eigenvalue weighted by Gasteiger charge is 2.37. The molecule has 2 N–H and O–H groups in total.